The Kier molecular flexibility index (Phi) is 3.64. The van der Waals surface area contributed by atoms with Crippen LogP contribution in [0.15, 0.2) is 12.3 Å². The van der Waals surface area contributed by atoms with Crippen molar-refractivity contribution >= 4 is 0 Å². The van der Waals surface area contributed by atoms with Crippen LogP contribution in [0.1, 0.15) is 39.5 Å². The molecule has 1 heteroatoms. The molecular formula is C11H21N. The van der Waals surface area contributed by atoms with Gasteiger partial charge in [0.1, 0.15) is 0 Å². The summed E-state index contributed by atoms with van der Waals surface area (Å²) in [5.74, 6) is 0.931. The first kappa shape index (κ1) is 9.63. The van der Waals surface area contributed by atoms with Gasteiger partial charge in [0, 0.05) is 18.8 Å². The molecule has 1 nitrogen and oxygen atoms in total. The summed E-state index contributed by atoms with van der Waals surface area (Å²) in [5, 5.41) is 0. The van der Waals surface area contributed by atoms with E-state index < -0.39 is 0 Å². The zero-order chi connectivity index (χ0) is 8.97. The number of hydrogen-bond acceptors (Lipinski definition) is 1. The molecule has 0 aromatic rings. The van der Waals surface area contributed by atoms with E-state index in [2.05, 4.69) is 25.3 Å². The second-order valence-electron chi connectivity index (χ2n) is 3.98. The number of piperidine rings is 1. The molecule has 70 valence electrons. The summed E-state index contributed by atoms with van der Waals surface area (Å²) >= 11 is 0. The maximum Gasteiger partial charge on any atom is 0.0203 e. The lowest BCUT2D eigenvalue weighted by molar-refractivity contribution is 0.209. The Bertz CT molecular complexity index is 149. The summed E-state index contributed by atoms with van der Waals surface area (Å²) in [6, 6.07) is 0. The van der Waals surface area contributed by atoms with Crippen LogP contribution in [0.3, 0.4) is 0 Å². The van der Waals surface area contributed by atoms with E-state index in [-0.39, 0.29) is 0 Å². The minimum atomic E-state index is 0.931. The quantitative estimate of drug-likeness (QED) is 0.624. The average Bonchev–Trinajstić information content (AvgIpc) is 2.05. The third-order valence-corrected chi connectivity index (χ3v) is 2.76. The molecule has 0 bridgehead atoms. The van der Waals surface area contributed by atoms with E-state index in [1.807, 2.05) is 0 Å². The molecule has 0 aromatic heterocycles. The van der Waals surface area contributed by atoms with Gasteiger partial charge < -0.3 is 4.90 Å². The lowest BCUT2D eigenvalue weighted by Gasteiger charge is -2.34. The van der Waals surface area contributed by atoms with E-state index in [1.165, 1.54) is 44.5 Å². The lowest BCUT2D eigenvalue weighted by Crippen LogP contribution is -2.33. The Morgan fingerprint density at radius 1 is 1.58 bits per heavy atom. The second kappa shape index (κ2) is 4.54. The van der Waals surface area contributed by atoms with E-state index in [0.717, 1.165) is 5.92 Å². The minimum Gasteiger partial charge on any atom is -0.375 e. The molecule has 1 rings (SSSR count). The highest BCUT2D eigenvalue weighted by molar-refractivity contribution is 4.91. The van der Waals surface area contributed by atoms with E-state index in [9.17, 15) is 0 Å². The molecule has 0 amide bonds. The van der Waals surface area contributed by atoms with Crippen molar-refractivity contribution in [1.29, 1.82) is 0 Å². The highest BCUT2D eigenvalue weighted by Crippen LogP contribution is 2.22. The number of hydrogen-bond donors (Lipinski definition) is 0. The van der Waals surface area contributed by atoms with Crippen LogP contribution in [0.25, 0.3) is 0 Å². The predicted molar refractivity (Wildman–Crippen MR) is 54.0 cm³/mol. The number of allylic oxidation sites excluding steroid dienone is 1. The summed E-state index contributed by atoms with van der Waals surface area (Å²) in [6.45, 7) is 10.9. The molecule has 0 N–H and O–H groups in total. The Morgan fingerprint density at radius 3 is 2.92 bits per heavy atom. The van der Waals surface area contributed by atoms with E-state index in [0.29, 0.717) is 0 Å². The lowest BCUT2D eigenvalue weighted by atomic mass is 9.93. The fourth-order valence-electron chi connectivity index (χ4n) is 2.06. The van der Waals surface area contributed by atoms with Crippen molar-refractivity contribution in [1.82, 2.24) is 4.90 Å². The summed E-state index contributed by atoms with van der Waals surface area (Å²) in [7, 11) is 0. The van der Waals surface area contributed by atoms with Crippen LogP contribution >= 0.6 is 0 Å². The normalized spacial score (nSPS) is 24.2. The number of likely N-dealkylation sites (tertiary alicyclic amines) is 1. The molecule has 0 saturated carbocycles. The molecule has 12 heavy (non-hydrogen) atoms. The maximum atomic E-state index is 4.00. The summed E-state index contributed by atoms with van der Waals surface area (Å²) < 4.78 is 0. The molecular weight excluding hydrogens is 146 g/mol. The van der Waals surface area contributed by atoms with Crippen molar-refractivity contribution in [3.05, 3.63) is 12.3 Å². The average molecular weight is 167 g/mol. The molecule has 1 atom stereocenters. The minimum absolute atomic E-state index is 0.931. The first-order valence-electron chi connectivity index (χ1n) is 5.14. The van der Waals surface area contributed by atoms with Gasteiger partial charge in [-0.2, -0.15) is 0 Å². The Morgan fingerprint density at radius 2 is 2.33 bits per heavy atom. The van der Waals surface area contributed by atoms with Crippen LogP contribution in [0.2, 0.25) is 0 Å². The summed E-state index contributed by atoms with van der Waals surface area (Å²) in [6.07, 6.45) is 5.51. The third-order valence-electron chi connectivity index (χ3n) is 2.76. The standard InChI is InChI=1S/C11H21N/c1-4-6-11-7-5-8-12(9-11)10(2)3/h11H,2,4-9H2,1,3H3. The molecule has 0 spiro atoms. The van der Waals surface area contributed by atoms with E-state index in [1.54, 1.807) is 0 Å². The van der Waals surface area contributed by atoms with Crippen molar-refractivity contribution < 1.29 is 0 Å². The van der Waals surface area contributed by atoms with Crippen molar-refractivity contribution in [3.63, 3.8) is 0 Å². The van der Waals surface area contributed by atoms with Gasteiger partial charge in [0.05, 0.1) is 0 Å². The summed E-state index contributed by atoms with van der Waals surface area (Å²) in [4.78, 5) is 2.43. The van der Waals surface area contributed by atoms with Gasteiger partial charge in [0.25, 0.3) is 0 Å². The van der Waals surface area contributed by atoms with Crippen LogP contribution in [-0.4, -0.2) is 18.0 Å². The van der Waals surface area contributed by atoms with Gasteiger partial charge >= 0.3 is 0 Å². The van der Waals surface area contributed by atoms with E-state index >= 15 is 0 Å². The highest BCUT2D eigenvalue weighted by atomic mass is 15.1. The zero-order valence-electron chi connectivity index (χ0n) is 8.47. The van der Waals surface area contributed by atoms with Crippen LogP contribution < -0.4 is 0 Å². The molecule has 0 aliphatic carbocycles. The SMILES string of the molecule is C=C(C)N1CCCC(CCC)C1. The van der Waals surface area contributed by atoms with Gasteiger partial charge in [-0.05, 0) is 32.1 Å². The molecule has 0 aromatic carbocycles. The molecule has 1 aliphatic heterocycles. The Hall–Kier alpha value is -0.460. The number of nitrogens with zero attached hydrogens (tertiary/aromatic N) is 1. The topological polar surface area (TPSA) is 3.24 Å². The first-order valence-corrected chi connectivity index (χ1v) is 5.14. The van der Waals surface area contributed by atoms with Crippen molar-refractivity contribution in [2.75, 3.05) is 13.1 Å². The van der Waals surface area contributed by atoms with Crippen LogP contribution in [0.5, 0.6) is 0 Å². The van der Waals surface area contributed by atoms with Gasteiger partial charge in [-0.15, -0.1) is 0 Å². The molecule has 1 saturated heterocycles. The van der Waals surface area contributed by atoms with Crippen molar-refractivity contribution in [2.45, 2.75) is 39.5 Å². The monoisotopic (exact) mass is 167 g/mol. The van der Waals surface area contributed by atoms with Gasteiger partial charge in [-0.1, -0.05) is 19.9 Å². The fourth-order valence-corrected chi connectivity index (χ4v) is 2.06. The molecule has 1 heterocycles. The predicted octanol–water partition coefficient (Wildman–Crippen LogP) is 3.03. The smallest absolute Gasteiger partial charge is 0.0203 e. The second-order valence-corrected chi connectivity index (χ2v) is 3.98. The van der Waals surface area contributed by atoms with Crippen LogP contribution in [0.4, 0.5) is 0 Å². The molecule has 1 fully saturated rings. The highest BCUT2D eigenvalue weighted by Gasteiger charge is 2.17. The van der Waals surface area contributed by atoms with Gasteiger partial charge in [0.2, 0.25) is 0 Å². The molecule has 0 radical (unpaired) electrons. The van der Waals surface area contributed by atoms with Crippen molar-refractivity contribution in [2.24, 2.45) is 5.92 Å². The number of rotatable bonds is 3. The fraction of sp³-hybridized carbons (Fsp3) is 0.818. The molecule has 1 aliphatic rings. The van der Waals surface area contributed by atoms with Crippen molar-refractivity contribution in [3.8, 4) is 0 Å². The summed E-state index contributed by atoms with van der Waals surface area (Å²) in [5.41, 5.74) is 1.25. The van der Waals surface area contributed by atoms with Gasteiger partial charge in [0.15, 0.2) is 0 Å². The Balaban J connectivity index is 2.35. The van der Waals surface area contributed by atoms with E-state index in [4.69, 9.17) is 0 Å². The largest absolute Gasteiger partial charge is 0.375 e. The Labute approximate surface area is 76.5 Å². The first-order chi connectivity index (χ1) is 5.74. The molecule has 1 unspecified atom stereocenters. The third kappa shape index (κ3) is 2.54. The van der Waals surface area contributed by atoms with Crippen LogP contribution in [-0.2, 0) is 0 Å². The van der Waals surface area contributed by atoms with Crippen LogP contribution in [0, 0.1) is 5.92 Å². The zero-order valence-corrected chi connectivity index (χ0v) is 8.47. The van der Waals surface area contributed by atoms with Gasteiger partial charge in [-0.3, -0.25) is 0 Å². The van der Waals surface area contributed by atoms with Gasteiger partial charge in [-0.25, -0.2) is 0 Å². The maximum absolute atomic E-state index is 4.00.